The van der Waals surface area contributed by atoms with Crippen molar-refractivity contribution >= 4 is 24.9 Å². The number of allylic oxidation sites excluding steroid dienone is 2. The summed E-state index contributed by atoms with van der Waals surface area (Å²) in [6, 6.07) is 0. The first-order valence-electron chi connectivity index (χ1n) is 4.79. The van der Waals surface area contributed by atoms with Crippen LogP contribution in [-0.4, -0.2) is 24.9 Å². The maximum atomic E-state index is 10.9. The van der Waals surface area contributed by atoms with Crippen LogP contribution in [0.15, 0.2) is 9.19 Å². The van der Waals surface area contributed by atoms with Gasteiger partial charge in [0, 0.05) is 0 Å². The molecule has 7 heteroatoms. The van der Waals surface area contributed by atoms with E-state index in [1.807, 2.05) is 0 Å². The summed E-state index contributed by atoms with van der Waals surface area (Å²) in [5.74, 6) is 0. The standard InChI is InChI=1S/C9H15ClO5Te/c1-16(2,15-10(12,13)14)9-6-4-3-5-8(9)7-11/h7H,3-6H2,1-2H3. The van der Waals surface area contributed by atoms with Crippen molar-refractivity contribution in [1.82, 2.24) is 0 Å². The van der Waals surface area contributed by atoms with Gasteiger partial charge in [-0.2, -0.15) is 0 Å². The summed E-state index contributed by atoms with van der Waals surface area (Å²) >= 11 is -3.36. The molecule has 94 valence electrons. The molecule has 0 aromatic rings. The van der Waals surface area contributed by atoms with Crippen molar-refractivity contribution in [3.05, 3.63) is 9.19 Å². The number of halogens is 1. The molecule has 0 heterocycles. The Bertz CT molecular complexity index is 308. The Balaban J connectivity index is 2.96. The van der Waals surface area contributed by atoms with Crippen molar-refractivity contribution < 1.29 is 31.7 Å². The summed E-state index contributed by atoms with van der Waals surface area (Å²) in [5, 5.41) is 0. The van der Waals surface area contributed by atoms with Crippen LogP contribution in [0.4, 0.5) is 0 Å². The van der Waals surface area contributed by atoms with Gasteiger partial charge in [0.2, 0.25) is 0 Å². The van der Waals surface area contributed by atoms with Crippen LogP contribution in [0.25, 0.3) is 0 Å². The SMILES string of the molecule is C[Te](C)(O[Cl+3]([O-])([O-])[O-])C1=C(C=O)CCCC1. The van der Waals surface area contributed by atoms with Gasteiger partial charge >= 0.3 is 101 Å². The Morgan fingerprint density at radius 2 is 1.81 bits per heavy atom. The van der Waals surface area contributed by atoms with Crippen LogP contribution in [0.5, 0.6) is 0 Å². The van der Waals surface area contributed by atoms with Crippen LogP contribution in [0.3, 0.4) is 0 Å². The average Bonchev–Trinajstić information content (AvgIpc) is 2.14. The molecular weight excluding hydrogens is 351 g/mol. The average molecular weight is 366 g/mol. The van der Waals surface area contributed by atoms with Gasteiger partial charge in [-0.25, -0.2) is 0 Å². The monoisotopic (exact) mass is 368 g/mol. The molecule has 0 atom stereocenters. The van der Waals surface area contributed by atoms with Gasteiger partial charge in [-0.3, -0.25) is 0 Å². The molecule has 1 aliphatic carbocycles. The van der Waals surface area contributed by atoms with E-state index in [1.54, 1.807) is 9.94 Å². The minimum absolute atomic E-state index is 0.635. The number of carbonyl (C=O) groups is 1. The number of rotatable bonds is 4. The molecule has 0 aromatic carbocycles. The zero-order valence-corrected chi connectivity index (χ0v) is 12.3. The van der Waals surface area contributed by atoms with Crippen molar-refractivity contribution in [2.45, 2.75) is 35.6 Å². The van der Waals surface area contributed by atoms with Crippen LogP contribution in [0.1, 0.15) is 25.7 Å². The third kappa shape index (κ3) is 3.97. The maximum absolute atomic E-state index is 10.9. The molecular formula is C9H15ClO5Te. The third-order valence-electron chi connectivity index (χ3n) is 2.43. The Labute approximate surface area is 101 Å². The van der Waals surface area contributed by atoms with E-state index in [0.717, 1.165) is 22.7 Å². The van der Waals surface area contributed by atoms with Gasteiger partial charge in [-0.05, 0) is 0 Å². The molecule has 0 saturated heterocycles. The Kier molecular flexibility index (Phi) is 4.78. The van der Waals surface area contributed by atoms with Crippen molar-refractivity contribution in [2.75, 3.05) is 0 Å². The van der Waals surface area contributed by atoms with Gasteiger partial charge in [0.15, 0.2) is 0 Å². The Hall–Kier alpha value is 0.330. The second-order valence-electron chi connectivity index (χ2n) is 3.95. The zero-order valence-electron chi connectivity index (χ0n) is 9.23. The first kappa shape index (κ1) is 14.4. The van der Waals surface area contributed by atoms with Crippen molar-refractivity contribution in [3.63, 3.8) is 0 Å². The molecule has 0 fully saturated rings. The third-order valence-corrected chi connectivity index (χ3v) is 11.6. The molecule has 1 rings (SSSR count). The van der Waals surface area contributed by atoms with Crippen LogP contribution < -0.4 is 14.0 Å². The predicted molar refractivity (Wildman–Crippen MR) is 50.1 cm³/mol. The predicted octanol–water partition coefficient (Wildman–Crippen LogP) is -1.29. The summed E-state index contributed by atoms with van der Waals surface area (Å²) in [7, 11) is -4.40. The van der Waals surface area contributed by atoms with E-state index >= 15 is 0 Å². The molecule has 5 nitrogen and oxygen atoms in total. The van der Waals surface area contributed by atoms with E-state index < -0.39 is 28.8 Å². The van der Waals surface area contributed by atoms with Crippen molar-refractivity contribution in [2.24, 2.45) is 0 Å². The Morgan fingerprint density at radius 1 is 1.25 bits per heavy atom. The van der Waals surface area contributed by atoms with Gasteiger partial charge in [0.25, 0.3) is 0 Å². The minimum atomic E-state index is -4.40. The van der Waals surface area contributed by atoms with Gasteiger partial charge in [0.1, 0.15) is 0 Å². The van der Waals surface area contributed by atoms with Crippen LogP contribution in [0.2, 0.25) is 9.94 Å². The van der Waals surface area contributed by atoms with E-state index in [2.05, 4.69) is 2.65 Å². The first-order chi connectivity index (χ1) is 7.26. The molecule has 0 saturated carbocycles. The molecule has 0 aliphatic heterocycles. The molecule has 0 unspecified atom stereocenters. The summed E-state index contributed by atoms with van der Waals surface area (Å²) in [6.45, 7) is 0. The Morgan fingerprint density at radius 3 is 2.31 bits per heavy atom. The van der Waals surface area contributed by atoms with Gasteiger partial charge < -0.3 is 0 Å². The van der Waals surface area contributed by atoms with E-state index in [4.69, 9.17) is 0 Å². The first-order valence-corrected chi connectivity index (χ1v) is 12.8. The fraction of sp³-hybridized carbons (Fsp3) is 0.667. The van der Waals surface area contributed by atoms with E-state index in [0.29, 0.717) is 18.4 Å². The van der Waals surface area contributed by atoms with Gasteiger partial charge in [0.05, 0.1) is 0 Å². The van der Waals surface area contributed by atoms with Crippen LogP contribution in [0, 0.1) is 10.2 Å². The fourth-order valence-corrected chi connectivity index (χ4v) is 10.3. The molecule has 16 heavy (non-hydrogen) atoms. The molecule has 0 bridgehead atoms. The van der Waals surface area contributed by atoms with Crippen molar-refractivity contribution in [1.29, 1.82) is 0 Å². The number of aldehydes is 1. The van der Waals surface area contributed by atoms with E-state index in [1.165, 1.54) is 0 Å². The van der Waals surface area contributed by atoms with Crippen LogP contribution >= 0.6 is 0 Å². The van der Waals surface area contributed by atoms with E-state index in [-0.39, 0.29) is 0 Å². The topological polar surface area (TPSA) is 95.5 Å². The fourth-order valence-electron chi connectivity index (χ4n) is 1.82. The number of hydrogen-bond donors (Lipinski definition) is 0. The summed E-state index contributed by atoms with van der Waals surface area (Å²) in [5.41, 5.74) is 0.635. The summed E-state index contributed by atoms with van der Waals surface area (Å²) in [4.78, 5) is 14.2. The normalized spacial score (nSPS) is 19.8. The molecule has 1 aliphatic rings. The van der Waals surface area contributed by atoms with Crippen LogP contribution in [-0.2, 0) is 7.45 Å². The molecule has 0 spiro atoms. The number of carbonyl (C=O) groups excluding carboxylic acids is 1. The molecule has 0 N–H and O–H groups in total. The summed E-state index contributed by atoms with van der Waals surface area (Å²) in [6.07, 6.45) is 3.94. The number of hydrogen-bond acceptors (Lipinski definition) is 5. The van der Waals surface area contributed by atoms with Crippen molar-refractivity contribution in [3.8, 4) is 0 Å². The van der Waals surface area contributed by atoms with Gasteiger partial charge in [-0.15, -0.1) is 0 Å². The molecule has 0 aromatic heterocycles. The second kappa shape index (κ2) is 5.32. The second-order valence-corrected chi connectivity index (χ2v) is 14.4. The summed E-state index contributed by atoms with van der Waals surface area (Å²) < 4.78 is 37.3. The quantitative estimate of drug-likeness (QED) is 0.456. The molecule has 0 radical (unpaired) electrons. The van der Waals surface area contributed by atoms with E-state index in [9.17, 15) is 18.8 Å². The molecule has 0 amide bonds. The van der Waals surface area contributed by atoms with Gasteiger partial charge in [-0.1, -0.05) is 0 Å². The zero-order chi connectivity index (χ0) is 12.4.